The predicted molar refractivity (Wildman–Crippen MR) is 98.4 cm³/mol. The maximum atomic E-state index is 13.2. The number of halogens is 1. The summed E-state index contributed by atoms with van der Waals surface area (Å²) >= 11 is 1.23. The quantitative estimate of drug-likeness (QED) is 0.630. The van der Waals surface area contributed by atoms with Gasteiger partial charge in [-0.25, -0.2) is 14.2 Å². The largest absolute Gasteiger partial charge is 0.481 e. The summed E-state index contributed by atoms with van der Waals surface area (Å²) in [5.74, 6) is -1.07. The number of rotatable bonds is 6. The minimum atomic E-state index is -0.836. The molecule has 0 spiro atoms. The molecule has 0 bridgehead atoms. The van der Waals surface area contributed by atoms with E-state index in [-0.39, 0.29) is 5.75 Å². The van der Waals surface area contributed by atoms with E-state index in [1.807, 2.05) is 0 Å². The smallest absolute Gasteiger partial charge is 0.354 e. The SMILES string of the molecule is COC(=O)c1cc(-c2csc(NC(=O)C(C)Oc3cccc(F)c3)n2)c[nH]1. The van der Waals surface area contributed by atoms with E-state index < -0.39 is 23.8 Å². The van der Waals surface area contributed by atoms with Gasteiger partial charge < -0.3 is 14.5 Å². The van der Waals surface area contributed by atoms with Gasteiger partial charge in [-0.2, -0.15) is 0 Å². The first-order chi connectivity index (χ1) is 13.0. The Labute approximate surface area is 158 Å². The molecule has 0 aliphatic heterocycles. The number of ether oxygens (including phenoxy) is 2. The maximum absolute atomic E-state index is 13.2. The molecule has 1 atom stereocenters. The van der Waals surface area contributed by atoms with E-state index in [9.17, 15) is 14.0 Å². The lowest BCUT2D eigenvalue weighted by Gasteiger charge is -2.13. The fraction of sp³-hybridized carbons (Fsp3) is 0.167. The number of hydrogen-bond donors (Lipinski definition) is 2. The van der Waals surface area contributed by atoms with E-state index in [0.717, 1.165) is 0 Å². The molecule has 0 radical (unpaired) electrons. The Kier molecular flexibility index (Phi) is 5.51. The molecule has 9 heteroatoms. The average molecular weight is 389 g/mol. The van der Waals surface area contributed by atoms with Crippen LogP contribution in [-0.2, 0) is 9.53 Å². The minimum Gasteiger partial charge on any atom is -0.481 e. The van der Waals surface area contributed by atoms with Crippen LogP contribution in [0.3, 0.4) is 0 Å². The van der Waals surface area contributed by atoms with Crippen LogP contribution in [-0.4, -0.2) is 35.1 Å². The standard InChI is InChI=1S/C18H16FN3O4S/c1-10(26-13-5-3-4-12(19)7-13)16(23)22-18-21-15(9-27-18)11-6-14(20-8-11)17(24)25-2/h3-10,20H,1-2H3,(H,21,22,23). The number of nitrogens with one attached hydrogen (secondary N) is 2. The molecule has 0 aliphatic carbocycles. The number of thiazole rings is 1. The van der Waals surface area contributed by atoms with Crippen LogP contribution in [0.5, 0.6) is 5.75 Å². The van der Waals surface area contributed by atoms with Crippen LogP contribution in [0.15, 0.2) is 41.9 Å². The normalized spacial score (nSPS) is 11.7. The van der Waals surface area contributed by atoms with Crippen LogP contribution >= 0.6 is 11.3 Å². The summed E-state index contributed by atoms with van der Waals surface area (Å²) < 4.78 is 23.3. The summed E-state index contributed by atoms with van der Waals surface area (Å²) in [4.78, 5) is 30.9. The van der Waals surface area contributed by atoms with Gasteiger partial charge in [0.2, 0.25) is 0 Å². The Hall–Kier alpha value is -3.20. The van der Waals surface area contributed by atoms with Gasteiger partial charge in [0.25, 0.3) is 5.91 Å². The van der Waals surface area contributed by atoms with E-state index in [1.54, 1.807) is 30.6 Å². The monoisotopic (exact) mass is 389 g/mol. The number of nitrogens with zero attached hydrogens (tertiary/aromatic N) is 1. The van der Waals surface area contributed by atoms with Crippen LogP contribution in [0.2, 0.25) is 0 Å². The molecule has 0 saturated carbocycles. The summed E-state index contributed by atoms with van der Waals surface area (Å²) in [6.07, 6.45) is 0.792. The molecule has 1 amide bonds. The van der Waals surface area contributed by atoms with Crippen LogP contribution in [0.4, 0.5) is 9.52 Å². The van der Waals surface area contributed by atoms with E-state index in [4.69, 9.17) is 4.74 Å². The van der Waals surface area contributed by atoms with Crippen molar-refractivity contribution in [3.8, 4) is 17.0 Å². The van der Waals surface area contributed by atoms with Gasteiger partial charge in [0.05, 0.1) is 12.8 Å². The van der Waals surface area contributed by atoms with Crippen LogP contribution in [0.25, 0.3) is 11.3 Å². The zero-order valence-electron chi connectivity index (χ0n) is 14.5. The molecule has 140 valence electrons. The molecule has 3 rings (SSSR count). The number of aromatic amines is 1. The highest BCUT2D eigenvalue weighted by atomic mass is 32.1. The highest BCUT2D eigenvalue weighted by Crippen LogP contribution is 2.26. The summed E-state index contributed by atoms with van der Waals surface area (Å²) in [7, 11) is 1.30. The molecule has 1 unspecified atom stereocenters. The molecule has 0 aliphatic rings. The second kappa shape index (κ2) is 8.00. The molecule has 0 saturated heterocycles. The molecule has 1 aromatic carbocycles. The third-order valence-electron chi connectivity index (χ3n) is 3.60. The highest BCUT2D eigenvalue weighted by molar-refractivity contribution is 7.14. The summed E-state index contributed by atoms with van der Waals surface area (Å²) in [6, 6.07) is 7.18. The van der Waals surface area contributed by atoms with Crippen molar-refractivity contribution in [3.05, 3.63) is 53.4 Å². The lowest BCUT2D eigenvalue weighted by atomic mass is 10.2. The second-order valence-electron chi connectivity index (χ2n) is 5.54. The Morgan fingerprint density at radius 2 is 2.15 bits per heavy atom. The van der Waals surface area contributed by atoms with E-state index >= 15 is 0 Å². The Bertz CT molecular complexity index is 969. The lowest BCUT2D eigenvalue weighted by molar-refractivity contribution is -0.122. The first-order valence-corrected chi connectivity index (χ1v) is 8.80. The summed E-state index contributed by atoms with van der Waals surface area (Å²) in [5, 5.41) is 4.78. The van der Waals surface area contributed by atoms with Gasteiger partial charge in [-0.1, -0.05) is 6.07 Å². The number of H-pyrrole nitrogens is 1. The van der Waals surface area contributed by atoms with Crippen molar-refractivity contribution in [1.82, 2.24) is 9.97 Å². The van der Waals surface area contributed by atoms with Crippen LogP contribution in [0, 0.1) is 5.82 Å². The van der Waals surface area contributed by atoms with Crippen molar-refractivity contribution in [2.24, 2.45) is 0 Å². The second-order valence-corrected chi connectivity index (χ2v) is 6.40. The van der Waals surface area contributed by atoms with Gasteiger partial charge in [-0.15, -0.1) is 11.3 Å². The lowest BCUT2D eigenvalue weighted by Crippen LogP contribution is -2.30. The molecular formula is C18H16FN3O4S. The van der Waals surface area contributed by atoms with Crippen molar-refractivity contribution in [2.75, 3.05) is 12.4 Å². The fourth-order valence-corrected chi connectivity index (χ4v) is 2.96. The average Bonchev–Trinajstić information content (AvgIpc) is 3.30. The van der Waals surface area contributed by atoms with E-state index in [0.29, 0.717) is 22.1 Å². The summed E-state index contributed by atoms with van der Waals surface area (Å²) in [5.41, 5.74) is 1.60. The van der Waals surface area contributed by atoms with Gasteiger partial charge in [-0.3, -0.25) is 10.1 Å². The summed E-state index contributed by atoms with van der Waals surface area (Å²) in [6.45, 7) is 1.56. The van der Waals surface area contributed by atoms with Gasteiger partial charge in [0.1, 0.15) is 17.3 Å². The van der Waals surface area contributed by atoms with Crippen LogP contribution in [0.1, 0.15) is 17.4 Å². The van der Waals surface area contributed by atoms with Crippen LogP contribution < -0.4 is 10.1 Å². The third kappa shape index (κ3) is 4.50. The molecule has 2 heterocycles. The number of aromatic nitrogens is 2. The predicted octanol–water partition coefficient (Wildman–Crippen LogP) is 3.47. The molecular weight excluding hydrogens is 373 g/mol. The minimum absolute atomic E-state index is 0.264. The van der Waals surface area contributed by atoms with Crippen molar-refractivity contribution >= 4 is 28.3 Å². The number of carbonyl (C=O) groups is 2. The number of methoxy groups -OCH3 is 1. The first-order valence-electron chi connectivity index (χ1n) is 7.92. The number of esters is 1. The Balaban J connectivity index is 1.63. The highest BCUT2D eigenvalue weighted by Gasteiger charge is 2.18. The first kappa shape index (κ1) is 18.6. The molecule has 7 nitrogen and oxygen atoms in total. The van der Waals surface area contributed by atoms with Gasteiger partial charge in [-0.05, 0) is 25.1 Å². The van der Waals surface area contributed by atoms with Crippen molar-refractivity contribution in [2.45, 2.75) is 13.0 Å². The van der Waals surface area contributed by atoms with Gasteiger partial charge in [0, 0.05) is 23.2 Å². The van der Waals surface area contributed by atoms with E-state index in [2.05, 4.69) is 20.0 Å². The number of amides is 1. The van der Waals surface area contributed by atoms with Gasteiger partial charge >= 0.3 is 5.97 Å². The molecule has 0 fully saturated rings. The van der Waals surface area contributed by atoms with Crippen molar-refractivity contribution < 1.29 is 23.5 Å². The maximum Gasteiger partial charge on any atom is 0.354 e. The number of carbonyl (C=O) groups excluding carboxylic acids is 2. The van der Waals surface area contributed by atoms with Crippen molar-refractivity contribution in [3.63, 3.8) is 0 Å². The Morgan fingerprint density at radius 3 is 2.89 bits per heavy atom. The van der Waals surface area contributed by atoms with Gasteiger partial charge in [0.15, 0.2) is 11.2 Å². The number of hydrogen-bond acceptors (Lipinski definition) is 6. The van der Waals surface area contributed by atoms with Crippen molar-refractivity contribution in [1.29, 1.82) is 0 Å². The zero-order valence-corrected chi connectivity index (χ0v) is 15.3. The topological polar surface area (TPSA) is 93.3 Å². The fourth-order valence-electron chi connectivity index (χ4n) is 2.24. The Morgan fingerprint density at radius 1 is 1.33 bits per heavy atom. The molecule has 2 N–H and O–H groups in total. The van der Waals surface area contributed by atoms with E-state index in [1.165, 1.54) is 36.6 Å². The zero-order chi connectivity index (χ0) is 19.4. The molecule has 27 heavy (non-hydrogen) atoms. The number of anilines is 1. The molecule has 3 aromatic rings. The molecule has 2 aromatic heterocycles. The number of benzene rings is 1. The third-order valence-corrected chi connectivity index (χ3v) is 4.35.